The zero-order valence-corrected chi connectivity index (χ0v) is 7.44. The molecule has 1 aromatic rings. The van der Waals surface area contributed by atoms with Crippen molar-refractivity contribution in [2.75, 3.05) is 13.7 Å². The van der Waals surface area contributed by atoms with Gasteiger partial charge in [0.15, 0.2) is 4.77 Å². The molecule has 1 aromatic heterocycles. The zero-order valence-electron chi connectivity index (χ0n) is 6.63. The summed E-state index contributed by atoms with van der Waals surface area (Å²) in [5.74, 6) is 0.928. The number of rotatable bonds is 3. The molecule has 0 saturated carbocycles. The molecule has 5 heteroatoms. The summed E-state index contributed by atoms with van der Waals surface area (Å²) >= 11 is 4.93. The molecule has 0 aliphatic heterocycles. The average molecular weight is 173 g/mol. The molecule has 0 aliphatic rings. The van der Waals surface area contributed by atoms with Crippen LogP contribution in [0, 0.1) is 4.77 Å². The fraction of sp³-hybridized carbons (Fsp3) is 0.667. The highest BCUT2D eigenvalue weighted by atomic mass is 32.1. The Morgan fingerprint density at radius 1 is 1.73 bits per heavy atom. The van der Waals surface area contributed by atoms with Gasteiger partial charge in [0.2, 0.25) is 0 Å². The van der Waals surface area contributed by atoms with Crippen molar-refractivity contribution in [3.63, 3.8) is 0 Å². The highest BCUT2D eigenvalue weighted by Crippen LogP contribution is 1.94. The molecule has 1 rings (SSSR count). The number of nitrogens with zero attached hydrogens (tertiary/aromatic N) is 2. The molecular weight excluding hydrogens is 162 g/mol. The molecular formula is C6H11N3OS. The summed E-state index contributed by atoms with van der Waals surface area (Å²) in [4.78, 5) is 0. The molecule has 0 unspecified atom stereocenters. The predicted molar refractivity (Wildman–Crippen MR) is 44.0 cm³/mol. The van der Waals surface area contributed by atoms with E-state index in [0.29, 0.717) is 11.4 Å². The van der Waals surface area contributed by atoms with Crippen molar-refractivity contribution in [2.45, 2.75) is 6.42 Å². The van der Waals surface area contributed by atoms with E-state index >= 15 is 0 Å². The van der Waals surface area contributed by atoms with Crippen LogP contribution in [0.3, 0.4) is 0 Å². The largest absolute Gasteiger partial charge is 0.384 e. The maximum atomic E-state index is 4.93. The van der Waals surface area contributed by atoms with Gasteiger partial charge in [-0.2, -0.15) is 5.10 Å². The lowest BCUT2D eigenvalue weighted by atomic mass is 10.4. The van der Waals surface area contributed by atoms with Crippen LogP contribution in [0.15, 0.2) is 0 Å². The van der Waals surface area contributed by atoms with Crippen LogP contribution in [0.4, 0.5) is 0 Å². The van der Waals surface area contributed by atoms with E-state index in [4.69, 9.17) is 17.0 Å². The van der Waals surface area contributed by atoms with E-state index in [1.165, 1.54) is 0 Å². The Morgan fingerprint density at radius 3 is 2.91 bits per heavy atom. The Hall–Kier alpha value is -0.680. The molecule has 0 spiro atoms. The van der Waals surface area contributed by atoms with Gasteiger partial charge < -0.3 is 9.30 Å². The number of nitrogens with one attached hydrogen (secondary N) is 1. The summed E-state index contributed by atoms with van der Waals surface area (Å²) in [6.07, 6.45) is 0.792. The summed E-state index contributed by atoms with van der Waals surface area (Å²) in [6, 6.07) is 0. The van der Waals surface area contributed by atoms with E-state index < -0.39 is 0 Å². The second-order valence-electron chi connectivity index (χ2n) is 2.25. The summed E-state index contributed by atoms with van der Waals surface area (Å²) in [7, 11) is 3.55. The molecule has 0 atom stereocenters. The van der Waals surface area contributed by atoms with Gasteiger partial charge in [0, 0.05) is 20.6 Å². The van der Waals surface area contributed by atoms with Gasteiger partial charge in [-0.25, -0.2) is 0 Å². The molecule has 0 radical (unpaired) electrons. The van der Waals surface area contributed by atoms with Crippen LogP contribution < -0.4 is 0 Å². The van der Waals surface area contributed by atoms with Crippen molar-refractivity contribution < 1.29 is 4.74 Å². The Morgan fingerprint density at radius 2 is 2.45 bits per heavy atom. The second-order valence-corrected chi connectivity index (χ2v) is 2.63. The SMILES string of the molecule is COCCc1n[nH]c(=S)n1C. The Bertz CT molecular complexity index is 278. The number of methoxy groups -OCH3 is 1. The van der Waals surface area contributed by atoms with Crippen molar-refractivity contribution >= 4 is 12.2 Å². The summed E-state index contributed by atoms with van der Waals surface area (Å²) in [5, 5.41) is 6.72. The zero-order chi connectivity index (χ0) is 8.27. The standard InChI is InChI=1S/C6H11N3OS/c1-9-5(3-4-10-2)7-8-6(9)11/h3-4H2,1-2H3,(H,8,11). The maximum Gasteiger partial charge on any atom is 0.194 e. The first kappa shape index (κ1) is 8.42. The van der Waals surface area contributed by atoms with Crippen LogP contribution in [0.2, 0.25) is 0 Å². The van der Waals surface area contributed by atoms with Crippen molar-refractivity contribution in [1.82, 2.24) is 14.8 Å². The normalized spacial score (nSPS) is 10.4. The molecule has 0 aromatic carbocycles. The van der Waals surface area contributed by atoms with Crippen LogP contribution in [0.25, 0.3) is 0 Å². The van der Waals surface area contributed by atoms with Crippen molar-refractivity contribution in [2.24, 2.45) is 7.05 Å². The molecule has 0 amide bonds. The van der Waals surface area contributed by atoms with Gasteiger partial charge in [0.05, 0.1) is 6.61 Å². The van der Waals surface area contributed by atoms with Gasteiger partial charge in [-0.15, -0.1) is 0 Å². The van der Waals surface area contributed by atoms with E-state index in [-0.39, 0.29) is 0 Å². The summed E-state index contributed by atoms with van der Waals surface area (Å²) < 4.78 is 7.40. The molecule has 0 fully saturated rings. The number of hydrogen-bond acceptors (Lipinski definition) is 3. The minimum atomic E-state index is 0.649. The number of aromatic nitrogens is 3. The molecule has 62 valence electrons. The lowest BCUT2D eigenvalue weighted by Gasteiger charge is -1.97. The van der Waals surface area contributed by atoms with Gasteiger partial charge in [-0.1, -0.05) is 0 Å². The van der Waals surface area contributed by atoms with Crippen LogP contribution in [0.1, 0.15) is 5.82 Å². The van der Waals surface area contributed by atoms with Gasteiger partial charge in [0.25, 0.3) is 0 Å². The highest BCUT2D eigenvalue weighted by molar-refractivity contribution is 7.71. The number of ether oxygens (including phenoxy) is 1. The third kappa shape index (κ3) is 1.87. The highest BCUT2D eigenvalue weighted by Gasteiger charge is 1.99. The Balaban J connectivity index is 2.71. The topological polar surface area (TPSA) is 42.8 Å². The first-order chi connectivity index (χ1) is 5.25. The van der Waals surface area contributed by atoms with Crippen molar-refractivity contribution in [3.8, 4) is 0 Å². The maximum absolute atomic E-state index is 4.93. The second kappa shape index (κ2) is 3.64. The number of H-pyrrole nitrogens is 1. The Kier molecular flexibility index (Phi) is 2.78. The number of aromatic amines is 1. The van der Waals surface area contributed by atoms with Crippen LogP contribution in [0.5, 0.6) is 0 Å². The van der Waals surface area contributed by atoms with E-state index in [1.807, 2.05) is 11.6 Å². The minimum Gasteiger partial charge on any atom is -0.384 e. The van der Waals surface area contributed by atoms with Crippen molar-refractivity contribution in [1.29, 1.82) is 0 Å². The van der Waals surface area contributed by atoms with E-state index in [9.17, 15) is 0 Å². The van der Waals surface area contributed by atoms with Gasteiger partial charge in [-0.3, -0.25) is 5.10 Å². The lowest BCUT2D eigenvalue weighted by molar-refractivity contribution is 0.199. The Labute approximate surface area is 70.2 Å². The summed E-state index contributed by atoms with van der Waals surface area (Å²) in [5.41, 5.74) is 0. The molecule has 4 nitrogen and oxygen atoms in total. The monoisotopic (exact) mass is 173 g/mol. The van der Waals surface area contributed by atoms with E-state index in [1.54, 1.807) is 7.11 Å². The van der Waals surface area contributed by atoms with Crippen LogP contribution in [-0.4, -0.2) is 28.5 Å². The van der Waals surface area contributed by atoms with Gasteiger partial charge >= 0.3 is 0 Å². The third-order valence-electron chi connectivity index (χ3n) is 1.50. The summed E-state index contributed by atoms with van der Waals surface area (Å²) in [6.45, 7) is 0.674. The van der Waals surface area contributed by atoms with E-state index in [0.717, 1.165) is 12.2 Å². The molecule has 1 N–H and O–H groups in total. The molecule has 0 bridgehead atoms. The van der Waals surface area contributed by atoms with Gasteiger partial charge in [0.1, 0.15) is 5.82 Å². The molecule has 11 heavy (non-hydrogen) atoms. The first-order valence-corrected chi connectivity index (χ1v) is 3.75. The van der Waals surface area contributed by atoms with Crippen molar-refractivity contribution in [3.05, 3.63) is 10.6 Å². The fourth-order valence-corrected chi connectivity index (χ4v) is 0.948. The predicted octanol–water partition coefficient (Wildman–Crippen LogP) is 0.667. The number of hydrogen-bond donors (Lipinski definition) is 1. The molecule has 0 saturated heterocycles. The fourth-order valence-electron chi connectivity index (χ4n) is 0.797. The quantitative estimate of drug-likeness (QED) is 0.683. The first-order valence-electron chi connectivity index (χ1n) is 3.35. The van der Waals surface area contributed by atoms with E-state index in [2.05, 4.69) is 10.2 Å². The van der Waals surface area contributed by atoms with Crippen LogP contribution in [-0.2, 0) is 18.2 Å². The minimum absolute atomic E-state index is 0.649. The van der Waals surface area contributed by atoms with Gasteiger partial charge in [-0.05, 0) is 12.2 Å². The smallest absolute Gasteiger partial charge is 0.194 e. The average Bonchev–Trinajstić information content (AvgIpc) is 2.31. The molecule has 1 heterocycles. The third-order valence-corrected chi connectivity index (χ3v) is 1.87. The molecule has 0 aliphatic carbocycles. The van der Waals surface area contributed by atoms with Crippen LogP contribution >= 0.6 is 12.2 Å². The lowest BCUT2D eigenvalue weighted by Crippen LogP contribution is -2.02.